The van der Waals surface area contributed by atoms with Crippen LogP contribution in [0.1, 0.15) is 12.0 Å². The molecule has 0 fully saturated rings. The third kappa shape index (κ3) is 3.98. The molecule has 3 nitrogen and oxygen atoms in total. The van der Waals surface area contributed by atoms with Gasteiger partial charge in [0.25, 0.3) is 15.5 Å². The maximum absolute atomic E-state index is 12.5. The van der Waals surface area contributed by atoms with E-state index in [1.165, 1.54) is 0 Å². The van der Waals surface area contributed by atoms with Crippen LogP contribution in [0.25, 0.3) is 0 Å². The summed E-state index contributed by atoms with van der Waals surface area (Å²) in [5, 5.41) is 0. The van der Waals surface area contributed by atoms with Crippen LogP contribution in [0.3, 0.4) is 0 Å². The minimum atomic E-state index is -5.07. The van der Waals surface area contributed by atoms with E-state index < -0.39 is 38.0 Å². The van der Waals surface area contributed by atoms with Crippen LogP contribution >= 0.6 is 10.7 Å². The number of rotatable bonds is 3. The van der Waals surface area contributed by atoms with E-state index in [1.807, 2.05) is 0 Å². The highest BCUT2D eigenvalue weighted by molar-refractivity contribution is 8.13. The van der Waals surface area contributed by atoms with E-state index in [1.54, 1.807) is 0 Å². The molecule has 0 heterocycles. The Labute approximate surface area is 103 Å². The summed E-state index contributed by atoms with van der Waals surface area (Å²) in [4.78, 5) is -0.964. The molecule has 0 aliphatic heterocycles. The van der Waals surface area contributed by atoms with Gasteiger partial charge in [0.1, 0.15) is 5.75 Å². The highest BCUT2D eigenvalue weighted by Gasteiger charge is 2.32. The molecule has 0 aliphatic carbocycles. The van der Waals surface area contributed by atoms with Crippen molar-refractivity contribution in [3.63, 3.8) is 0 Å². The van der Waals surface area contributed by atoms with Gasteiger partial charge in [-0.3, -0.25) is 0 Å². The molecule has 1 aromatic carbocycles. The molecule has 10 heteroatoms. The van der Waals surface area contributed by atoms with Gasteiger partial charge in [0.2, 0.25) is 0 Å². The molecule has 0 aliphatic rings. The van der Waals surface area contributed by atoms with Gasteiger partial charge in [0.05, 0.1) is 4.90 Å². The van der Waals surface area contributed by atoms with Crippen molar-refractivity contribution in [2.24, 2.45) is 0 Å². The zero-order valence-corrected chi connectivity index (χ0v) is 9.78. The summed E-state index contributed by atoms with van der Waals surface area (Å²) in [6.45, 7) is 0. The fourth-order valence-electron chi connectivity index (χ4n) is 1.12. The van der Waals surface area contributed by atoms with Gasteiger partial charge in [-0.05, 0) is 18.2 Å². The first-order chi connectivity index (χ1) is 8.00. The third-order valence-electron chi connectivity index (χ3n) is 1.71. The molecule has 0 N–H and O–H groups in total. The van der Waals surface area contributed by atoms with E-state index in [9.17, 15) is 30.4 Å². The molecule has 0 atom stereocenters. The second-order valence-corrected chi connectivity index (χ2v) is 5.52. The van der Waals surface area contributed by atoms with Gasteiger partial charge < -0.3 is 4.74 Å². The van der Waals surface area contributed by atoms with E-state index in [0.717, 1.165) is 0 Å². The first-order valence-corrected chi connectivity index (χ1v) is 6.44. The highest BCUT2D eigenvalue weighted by atomic mass is 35.7. The zero-order valence-electron chi connectivity index (χ0n) is 8.21. The van der Waals surface area contributed by atoms with Crippen molar-refractivity contribution in [2.75, 3.05) is 0 Å². The molecule has 0 unspecified atom stereocenters. The van der Waals surface area contributed by atoms with Gasteiger partial charge in [-0.1, -0.05) is 0 Å². The van der Waals surface area contributed by atoms with Crippen molar-refractivity contribution in [3.05, 3.63) is 23.8 Å². The van der Waals surface area contributed by atoms with Gasteiger partial charge in [0, 0.05) is 16.2 Å². The molecule has 1 aromatic rings. The van der Waals surface area contributed by atoms with Crippen molar-refractivity contribution < 1.29 is 35.1 Å². The summed E-state index contributed by atoms with van der Waals surface area (Å²) in [5.41, 5.74) is -1.16. The van der Waals surface area contributed by atoms with Crippen LogP contribution < -0.4 is 4.74 Å². The Morgan fingerprint density at radius 1 is 1.22 bits per heavy atom. The van der Waals surface area contributed by atoms with Crippen LogP contribution in [0, 0.1) is 0 Å². The van der Waals surface area contributed by atoms with Gasteiger partial charge in [0.15, 0.2) is 0 Å². The Morgan fingerprint density at radius 3 is 2.17 bits per heavy atom. The van der Waals surface area contributed by atoms with Gasteiger partial charge in [-0.25, -0.2) is 17.2 Å². The molecule has 0 saturated heterocycles. The SMILES string of the molecule is O=S(=O)(Cl)c1ccc(OC(F)(F)F)cc1C(F)F. The molecule has 0 spiro atoms. The van der Waals surface area contributed by atoms with Crippen molar-refractivity contribution in [2.45, 2.75) is 17.7 Å². The minimum absolute atomic E-state index is 0.271. The Hall–Kier alpha value is -1.09. The van der Waals surface area contributed by atoms with Crippen molar-refractivity contribution >= 4 is 19.7 Å². The van der Waals surface area contributed by atoms with Crippen LogP contribution in [-0.4, -0.2) is 14.8 Å². The smallest absolute Gasteiger partial charge is 0.406 e. The van der Waals surface area contributed by atoms with Crippen molar-refractivity contribution in [1.29, 1.82) is 0 Å². The number of hydrogen-bond acceptors (Lipinski definition) is 3. The van der Waals surface area contributed by atoms with Crippen LogP contribution in [0.2, 0.25) is 0 Å². The Kier molecular flexibility index (Phi) is 4.06. The lowest BCUT2D eigenvalue weighted by atomic mass is 10.2. The summed E-state index contributed by atoms with van der Waals surface area (Å²) in [7, 11) is 0.386. The summed E-state index contributed by atoms with van der Waals surface area (Å²) in [6, 6.07) is 1.37. The standard InChI is InChI=1S/C8H4ClF5O3S/c9-18(15,16)6-2-1-4(17-8(12,13)14)3-5(6)7(10)11/h1-3,7H. The van der Waals surface area contributed by atoms with Crippen LogP contribution in [0.4, 0.5) is 22.0 Å². The van der Waals surface area contributed by atoms with Crippen LogP contribution in [-0.2, 0) is 9.05 Å². The minimum Gasteiger partial charge on any atom is -0.406 e. The van der Waals surface area contributed by atoms with E-state index in [0.29, 0.717) is 12.1 Å². The number of halogens is 6. The lowest BCUT2D eigenvalue weighted by Crippen LogP contribution is -2.17. The molecule has 102 valence electrons. The Balaban J connectivity index is 3.29. The number of hydrogen-bond donors (Lipinski definition) is 0. The van der Waals surface area contributed by atoms with E-state index >= 15 is 0 Å². The normalized spacial score (nSPS) is 12.8. The quantitative estimate of drug-likeness (QED) is 0.634. The molecule has 0 radical (unpaired) electrons. The van der Waals surface area contributed by atoms with Crippen LogP contribution in [0.5, 0.6) is 5.75 Å². The van der Waals surface area contributed by atoms with E-state index in [-0.39, 0.29) is 6.07 Å². The molecule has 1 rings (SSSR count). The molecule has 0 amide bonds. The third-order valence-corrected chi connectivity index (χ3v) is 3.11. The first-order valence-electron chi connectivity index (χ1n) is 4.13. The maximum Gasteiger partial charge on any atom is 0.573 e. The fraction of sp³-hybridized carbons (Fsp3) is 0.250. The fourth-order valence-corrected chi connectivity index (χ4v) is 2.20. The summed E-state index contributed by atoms with van der Waals surface area (Å²) in [6.07, 6.45) is -8.38. The van der Waals surface area contributed by atoms with Crippen molar-refractivity contribution in [3.8, 4) is 5.75 Å². The molecule has 0 bridgehead atoms. The van der Waals surface area contributed by atoms with E-state index in [4.69, 9.17) is 10.7 Å². The topological polar surface area (TPSA) is 43.4 Å². The largest absolute Gasteiger partial charge is 0.573 e. The average molecular weight is 311 g/mol. The first kappa shape index (κ1) is 15.0. The number of ether oxygens (including phenoxy) is 1. The number of alkyl halides is 5. The zero-order chi connectivity index (χ0) is 14.1. The van der Waals surface area contributed by atoms with Gasteiger partial charge >= 0.3 is 6.36 Å². The summed E-state index contributed by atoms with van der Waals surface area (Å²) in [5.74, 6) is -0.957. The second kappa shape index (κ2) is 4.88. The van der Waals surface area contributed by atoms with Crippen molar-refractivity contribution in [1.82, 2.24) is 0 Å². The average Bonchev–Trinajstić information content (AvgIpc) is 2.12. The molecular formula is C8H4ClF5O3S. The summed E-state index contributed by atoms with van der Waals surface area (Å²) >= 11 is 0. The Morgan fingerprint density at radius 2 is 1.78 bits per heavy atom. The van der Waals surface area contributed by atoms with Gasteiger partial charge in [-0.2, -0.15) is 0 Å². The number of benzene rings is 1. The second-order valence-electron chi connectivity index (χ2n) is 2.99. The predicted molar refractivity (Wildman–Crippen MR) is 51.1 cm³/mol. The maximum atomic E-state index is 12.5. The lowest BCUT2D eigenvalue weighted by Gasteiger charge is -2.11. The predicted octanol–water partition coefficient (Wildman–Crippen LogP) is 3.45. The van der Waals surface area contributed by atoms with Gasteiger partial charge in [-0.15, -0.1) is 13.2 Å². The monoisotopic (exact) mass is 310 g/mol. The lowest BCUT2D eigenvalue weighted by molar-refractivity contribution is -0.274. The highest BCUT2D eigenvalue weighted by Crippen LogP contribution is 2.33. The Bertz CT molecular complexity index is 540. The molecule has 0 aromatic heterocycles. The van der Waals surface area contributed by atoms with Crippen LogP contribution in [0.15, 0.2) is 23.1 Å². The summed E-state index contributed by atoms with van der Waals surface area (Å²) < 4.78 is 85.8. The molecular weight excluding hydrogens is 307 g/mol. The molecule has 18 heavy (non-hydrogen) atoms. The van der Waals surface area contributed by atoms with E-state index in [2.05, 4.69) is 4.74 Å². The molecule has 0 saturated carbocycles.